The molecule has 0 aliphatic carbocycles. The number of aromatic nitrogens is 5. The molecule has 0 fully saturated rings. The average molecular weight is 1240 g/mol. The van der Waals surface area contributed by atoms with Crippen molar-refractivity contribution in [1.82, 2.24) is 19.3 Å². The van der Waals surface area contributed by atoms with Crippen molar-refractivity contribution in [3.8, 4) is 107 Å². The molecule has 95 heavy (non-hydrogen) atoms. The highest BCUT2D eigenvalue weighted by Gasteiger charge is 2.29. The van der Waals surface area contributed by atoms with Gasteiger partial charge in [-0.05, 0) is 195 Å². The van der Waals surface area contributed by atoms with Crippen LogP contribution >= 0.6 is 0 Å². The largest absolute Gasteiger partial charge is 0.458 e. The lowest BCUT2D eigenvalue weighted by atomic mass is 9.80. The molecular weight excluding hydrogens is 1160 g/mol. The van der Waals surface area contributed by atoms with E-state index in [-0.39, 0.29) is 21.7 Å². The SMILES string of the molecule is CC(C)(C)c1cc(Oc2ccc3c4ccccc4n(-c4cc(C(C)(C)C)ccn4)c3c2)cc(-n2[c-][n+](-c3cc(C(C)(C)C)cc(C(C)(C)C)c3)c(-c3c(-c4cc(-c5ccccc5)cc(-c5ccccc5)c4)cccc3-c3cc(-c4ccccc4)cc(-c4ccccc4)c3)n2)c1. The number of pyridine rings is 1. The van der Waals surface area contributed by atoms with Gasteiger partial charge in [0, 0.05) is 34.3 Å². The molecule has 0 unspecified atom stereocenters. The van der Waals surface area contributed by atoms with Crippen LogP contribution in [0.25, 0.3) is 117 Å². The monoisotopic (exact) mass is 1240 g/mol. The third kappa shape index (κ3) is 12.6. The Hall–Kier alpha value is -10.7. The summed E-state index contributed by atoms with van der Waals surface area (Å²) >= 11 is 0. The second-order valence-corrected chi connectivity index (χ2v) is 29.5. The highest BCUT2D eigenvalue weighted by molar-refractivity contribution is 6.09. The molecule has 11 aromatic carbocycles. The van der Waals surface area contributed by atoms with E-state index in [9.17, 15) is 0 Å². The molecule has 468 valence electrons. The molecule has 0 radical (unpaired) electrons. The first-order valence-corrected chi connectivity index (χ1v) is 33.2. The average Bonchev–Trinajstić information content (AvgIpc) is 1.67. The van der Waals surface area contributed by atoms with Crippen molar-refractivity contribution < 1.29 is 9.30 Å². The number of hydrogen-bond acceptors (Lipinski definition) is 3. The first kappa shape index (κ1) is 61.8. The van der Waals surface area contributed by atoms with Gasteiger partial charge in [0.2, 0.25) is 12.2 Å². The molecule has 0 bridgehead atoms. The highest BCUT2D eigenvalue weighted by atomic mass is 16.5. The zero-order valence-corrected chi connectivity index (χ0v) is 56.6. The first-order chi connectivity index (χ1) is 45.6. The first-order valence-electron chi connectivity index (χ1n) is 33.2. The standard InChI is InChI=1S/C89H81N5O/c1-86(2,3)69-42-43-90-83(55-69)94-81-39-26-25-36-79(81)80-41-40-75(57-82(80)94)95-76-54-72(89(10,11)12)53-74(56-76)93-58-92(73-51-70(87(4,5)6)50-71(52-73)88(7,8)9)85(91-93)84-77(67-46-63(59-28-17-13-18-29-59)44-64(47-67)60-30-19-14-20-31-60)37-27-38-78(84)68-48-65(61-32-21-15-22-33-61)45-66(49-68)62-34-23-16-24-35-62/h13-57H,1-12H3. The Morgan fingerprint density at radius 1 is 0.347 bits per heavy atom. The van der Waals surface area contributed by atoms with Crippen molar-refractivity contribution >= 4 is 21.8 Å². The van der Waals surface area contributed by atoms with E-state index in [0.29, 0.717) is 11.5 Å². The van der Waals surface area contributed by atoms with E-state index in [1.807, 2.05) is 10.9 Å². The molecule has 6 heteroatoms. The molecule has 0 aliphatic rings. The van der Waals surface area contributed by atoms with Crippen LogP contribution in [0.2, 0.25) is 0 Å². The van der Waals surface area contributed by atoms with Crippen LogP contribution in [0.15, 0.2) is 273 Å². The third-order valence-electron chi connectivity index (χ3n) is 18.4. The predicted molar refractivity (Wildman–Crippen MR) is 395 cm³/mol. The molecule has 3 heterocycles. The van der Waals surface area contributed by atoms with Gasteiger partial charge >= 0.3 is 0 Å². The Balaban J connectivity index is 1.04. The maximum absolute atomic E-state index is 7.21. The quantitative estimate of drug-likeness (QED) is 0.0905. The molecule has 14 aromatic rings. The van der Waals surface area contributed by atoms with Crippen molar-refractivity contribution in [1.29, 1.82) is 0 Å². The summed E-state index contributed by atoms with van der Waals surface area (Å²) in [6.07, 6.45) is 5.91. The van der Waals surface area contributed by atoms with Crippen LogP contribution in [0.5, 0.6) is 11.5 Å². The lowest BCUT2D eigenvalue weighted by Gasteiger charge is -2.27. The predicted octanol–water partition coefficient (Wildman–Crippen LogP) is 23.1. The maximum atomic E-state index is 7.21. The summed E-state index contributed by atoms with van der Waals surface area (Å²) in [7, 11) is 0. The zero-order valence-electron chi connectivity index (χ0n) is 56.6. The fourth-order valence-corrected chi connectivity index (χ4v) is 13.0. The minimum absolute atomic E-state index is 0.0633. The van der Waals surface area contributed by atoms with Crippen molar-refractivity contribution in [3.05, 3.63) is 302 Å². The van der Waals surface area contributed by atoms with Crippen molar-refractivity contribution in [2.45, 2.75) is 105 Å². The smallest absolute Gasteiger partial charge is 0.233 e. The van der Waals surface area contributed by atoms with E-state index in [1.54, 1.807) is 0 Å². The van der Waals surface area contributed by atoms with Crippen LogP contribution in [0.1, 0.15) is 105 Å². The number of hydrogen-bond donors (Lipinski definition) is 0. The molecule has 0 amide bonds. The lowest BCUT2D eigenvalue weighted by Crippen LogP contribution is -2.33. The van der Waals surface area contributed by atoms with E-state index in [2.05, 4.69) is 365 Å². The van der Waals surface area contributed by atoms with Crippen LogP contribution in [0.4, 0.5) is 0 Å². The molecule has 0 aliphatic heterocycles. The molecule has 0 N–H and O–H groups in total. The molecule has 6 nitrogen and oxygen atoms in total. The topological polar surface area (TPSA) is 48.8 Å². The second-order valence-electron chi connectivity index (χ2n) is 29.5. The van der Waals surface area contributed by atoms with Crippen LogP contribution in [-0.4, -0.2) is 19.3 Å². The van der Waals surface area contributed by atoms with Gasteiger partial charge in [-0.25, -0.2) is 4.98 Å². The lowest BCUT2D eigenvalue weighted by molar-refractivity contribution is -0.589. The van der Waals surface area contributed by atoms with Gasteiger partial charge in [0.1, 0.15) is 17.3 Å². The van der Waals surface area contributed by atoms with E-state index in [0.717, 1.165) is 123 Å². The summed E-state index contributed by atoms with van der Waals surface area (Å²) in [4.78, 5) is 5.00. The van der Waals surface area contributed by atoms with Gasteiger partial charge in [-0.3, -0.25) is 4.57 Å². The van der Waals surface area contributed by atoms with Gasteiger partial charge in [-0.1, -0.05) is 265 Å². The molecule has 14 rings (SSSR count). The number of rotatable bonds is 12. The van der Waals surface area contributed by atoms with E-state index >= 15 is 0 Å². The number of nitrogens with zero attached hydrogens (tertiary/aromatic N) is 5. The second kappa shape index (κ2) is 24.3. The molecular formula is C89H81N5O. The number of ether oxygens (including phenoxy) is 1. The Labute approximate surface area is 560 Å². The highest BCUT2D eigenvalue weighted by Crippen LogP contribution is 2.45. The van der Waals surface area contributed by atoms with Crippen LogP contribution in [0.3, 0.4) is 0 Å². The van der Waals surface area contributed by atoms with Gasteiger partial charge in [0.05, 0.1) is 16.7 Å². The van der Waals surface area contributed by atoms with Gasteiger partial charge in [0.25, 0.3) is 0 Å². The summed E-state index contributed by atoms with van der Waals surface area (Å²) in [6.45, 7) is 27.3. The number of benzene rings is 11. The summed E-state index contributed by atoms with van der Waals surface area (Å²) in [5.41, 5.74) is 22.0. The van der Waals surface area contributed by atoms with Crippen molar-refractivity contribution in [3.63, 3.8) is 0 Å². The number of para-hydroxylation sites is 1. The zero-order chi connectivity index (χ0) is 66.0. The van der Waals surface area contributed by atoms with Crippen LogP contribution in [-0.2, 0) is 21.7 Å². The molecule has 0 spiro atoms. The van der Waals surface area contributed by atoms with E-state index < -0.39 is 0 Å². The molecule has 3 aromatic heterocycles. The third-order valence-corrected chi connectivity index (χ3v) is 18.4. The summed E-state index contributed by atoms with van der Waals surface area (Å²) in [5.74, 6) is 2.98. The summed E-state index contributed by atoms with van der Waals surface area (Å²) < 4.78 is 13.7. The minimum Gasteiger partial charge on any atom is -0.458 e. The normalized spacial score (nSPS) is 12.2. The minimum atomic E-state index is -0.289. The van der Waals surface area contributed by atoms with E-state index in [1.165, 1.54) is 16.7 Å². The molecule has 0 saturated heterocycles. The fourth-order valence-electron chi connectivity index (χ4n) is 13.0. The number of fused-ring (bicyclic) bond motifs is 3. The van der Waals surface area contributed by atoms with Crippen LogP contribution in [0, 0.1) is 6.33 Å². The molecule has 0 atom stereocenters. The summed E-state index contributed by atoms with van der Waals surface area (Å²) in [5, 5.41) is 8.25. The van der Waals surface area contributed by atoms with Crippen LogP contribution < -0.4 is 9.30 Å². The van der Waals surface area contributed by atoms with Gasteiger partial charge in [-0.15, -0.1) is 0 Å². The Morgan fingerprint density at radius 2 is 0.800 bits per heavy atom. The van der Waals surface area contributed by atoms with Crippen molar-refractivity contribution in [2.24, 2.45) is 0 Å². The fraction of sp³-hybridized carbons (Fsp3) is 0.180. The maximum Gasteiger partial charge on any atom is 0.233 e. The molecule has 0 saturated carbocycles. The van der Waals surface area contributed by atoms with Gasteiger partial charge in [0.15, 0.2) is 0 Å². The van der Waals surface area contributed by atoms with Gasteiger partial charge in [-0.2, -0.15) is 4.68 Å². The van der Waals surface area contributed by atoms with E-state index in [4.69, 9.17) is 14.8 Å². The Bertz CT molecular complexity index is 4870. The van der Waals surface area contributed by atoms with Gasteiger partial charge < -0.3 is 9.30 Å². The Kier molecular flexibility index (Phi) is 15.8. The Morgan fingerprint density at radius 3 is 1.29 bits per heavy atom. The summed E-state index contributed by atoms with van der Waals surface area (Å²) in [6, 6.07) is 96.8. The van der Waals surface area contributed by atoms with Crippen molar-refractivity contribution in [2.75, 3.05) is 0 Å².